The van der Waals surface area contributed by atoms with E-state index in [1.165, 1.54) is 25.9 Å². The van der Waals surface area contributed by atoms with Crippen LogP contribution in [0.25, 0.3) is 0 Å². The molecule has 0 spiro atoms. The molecule has 2 nitrogen and oxygen atoms in total. The molecule has 1 saturated carbocycles. The van der Waals surface area contributed by atoms with Gasteiger partial charge >= 0.3 is 0 Å². The SMILES string of the molecule is CC1CN([C@@H]2CCC[C@H]2O)CC1C. The van der Waals surface area contributed by atoms with E-state index in [-0.39, 0.29) is 6.10 Å². The van der Waals surface area contributed by atoms with Crippen LogP contribution < -0.4 is 0 Å². The van der Waals surface area contributed by atoms with Gasteiger partial charge in [0, 0.05) is 19.1 Å². The first-order valence-corrected chi connectivity index (χ1v) is 5.60. The minimum absolute atomic E-state index is 0.0440. The molecule has 2 unspecified atom stereocenters. The average Bonchev–Trinajstić information content (AvgIpc) is 2.60. The molecule has 13 heavy (non-hydrogen) atoms. The van der Waals surface area contributed by atoms with Gasteiger partial charge in [-0.1, -0.05) is 13.8 Å². The number of hydrogen-bond acceptors (Lipinski definition) is 2. The second-order valence-corrected chi connectivity index (χ2v) is 4.97. The molecule has 0 aromatic rings. The van der Waals surface area contributed by atoms with Gasteiger partial charge in [0.2, 0.25) is 0 Å². The standard InChI is InChI=1S/C11H21NO/c1-8-6-12(7-9(8)2)10-4-3-5-11(10)13/h8-11,13H,3-7H2,1-2H3/t8?,9?,10-,11-/m1/s1. The van der Waals surface area contributed by atoms with E-state index in [1.54, 1.807) is 0 Å². The van der Waals surface area contributed by atoms with Gasteiger partial charge in [-0.05, 0) is 31.1 Å². The van der Waals surface area contributed by atoms with Crippen molar-refractivity contribution in [3.63, 3.8) is 0 Å². The first-order chi connectivity index (χ1) is 6.18. The van der Waals surface area contributed by atoms with Crippen LogP contribution in [0.2, 0.25) is 0 Å². The Morgan fingerprint density at radius 3 is 2.15 bits per heavy atom. The molecule has 1 heterocycles. The van der Waals surface area contributed by atoms with Gasteiger partial charge in [-0.2, -0.15) is 0 Å². The van der Waals surface area contributed by atoms with Crippen LogP contribution in [0.5, 0.6) is 0 Å². The van der Waals surface area contributed by atoms with Crippen LogP contribution in [-0.2, 0) is 0 Å². The summed E-state index contributed by atoms with van der Waals surface area (Å²) in [5.74, 6) is 1.63. The van der Waals surface area contributed by atoms with Gasteiger partial charge in [-0.3, -0.25) is 4.90 Å². The van der Waals surface area contributed by atoms with E-state index < -0.39 is 0 Å². The van der Waals surface area contributed by atoms with Crippen molar-refractivity contribution >= 4 is 0 Å². The first-order valence-electron chi connectivity index (χ1n) is 5.60. The van der Waals surface area contributed by atoms with Crippen LogP contribution >= 0.6 is 0 Å². The molecule has 4 atom stereocenters. The number of aliphatic hydroxyl groups is 1. The fourth-order valence-electron chi connectivity index (χ4n) is 2.79. The highest BCUT2D eigenvalue weighted by atomic mass is 16.3. The molecule has 0 bridgehead atoms. The average molecular weight is 183 g/mol. The highest BCUT2D eigenvalue weighted by Gasteiger charge is 2.36. The van der Waals surface area contributed by atoms with Gasteiger partial charge in [0.15, 0.2) is 0 Å². The second-order valence-electron chi connectivity index (χ2n) is 4.97. The molecule has 2 heteroatoms. The monoisotopic (exact) mass is 183 g/mol. The molecule has 2 fully saturated rings. The third kappa shape index (κ3) is 1.75. The minimum atomic E-state index is -0.0440. The summed E-state index contributed by atoms with van der Waals surface area (Å²) < 4.78 is 0. The lowest BCUT2D eigenvalue weighted by Gasteiger charge is -2.26. The topological polar surface area (TPSA) is 23.5 Å². The molecule has 1 N–H and O–H groups in total. The van der Waals surface area contributed by atoms with Gasteiger partial charge < -0.3 is 5.11 Å². The Morgan fingerprint density at radius 1 is 1.08 bits per heavy atom. The molecule has 0 amide bonds. The molecule has 0 aromatic carbocycles. The van der Waals surface area contributed by atoms with Crippen LogP contribution in [0, 0.1) is 11.8 Å². The molecular weight excluding hydrogens is 162 g/mol. The van der Waals surface area contributed by atoms with Gasteiger partial charge in [0.25, 0.3) is 0 Å². The van der Waals surface area contributed by atoms with Gasteiger partial charge in [0.05, 0.1) is 6.10 Å². The molecule has 2 rings (SSSR count). The number of aliphatic hydroxyl groups excluding tert-OH is 1. The highest BCUT2D eigenvalue weighted by molar-refractivity contribution is 4.90. The van der Waals surface area contributed by atoms with E-state index in [2.05, 4.69) is 18.7 Å². The molecule has 1 aliphatic carbocycles. The molecule has 0 radical (unpaired) electrons. The largest absolute Gasteiger partial charge is 0.391 e. The Labute approximate surface area is 80.9 Å². The zero-order valence-electron chi connectivity index (χ0n) is 8.74. The summed E-state index contributed by atoms with van der Waals surface area (Å²) in [5.41, 5.74) is 0. The summed E-state index contributed by atoms with van der Waals surface area (Å²) in [6.07, 6.45) is 3.40. The third-order valence-corrected chi connectivity index (χ3v) is 3.93. The van der Waals surface area contributed by atoms with Crippen molar-refractivity contribution < 1.29 is 5.11 Å². The van der Waals surface area contributed by atoms with E-state index in [0.29, 0.717) is 6.04 Å². The van der Waals surface area contributed by atoms with Gasteiger partial charge in [0.1, 0.15) is 0 Å². The molecule has 1 aliphatic heterocycles. The molecular formula is C11H21NO. The van der Waals surface area contributed by atoms with Crippen LogP contribution in [0.1, 0.15) is 33.1 Å². The van der Waals surface area contributed by atoms with E-state index in [0.717, 1.165) is 18.3 Å². The third-order valence-electron chi connectivity index (χ3n) is 3.93. The molecule has 2 aliphatic rings. The normalized spacial score (nSPS) is 47.3. The number of rotatable bonds is 1. The van der Waals surface area contributed by atoms with Crippen molar-refractivity contribution in [1.82, 2.24) is 4.90 Å². The van der Waals surface area contributed by atoms with Crippen molar-refractivity contribution in [3.05, 3.63) is 0 Å². The van der Waals surface area contributed by atoms with Crippen molar-refractivity contribution in [2.24, 2.45) is 11.8 Å². The van der Waals surface area contributed by atoms with Crippen molar-refractivity contribution in [2.45, 2.75) is 45.3 Å². The Morgan fingerprint density at radius 2 is 1.69 bits per heavy atom. The predicted molar refractivity (Wildman–Crippen MR) is 53.5 cm³/mol. The lowest BCUT2D eigenvalue weighted by Crippen LogP contribution is -2.38. The lowest BCUT2D eigenvalue weighted by molar-refractivity contribution is 0.0823. The Balaban J connectivity index is 1.95. The maximum atomic E-state index is 9.78. The molecule has 1 saturated heterocycles. The first kappa shape index (κ1) is 9.47. The quantitative estimate of drug-likeness (QED) is 0.665. The predicted octanol–water partition coefficient (Wildman–Crippen LogP) is 1.49. The summed E-state index contributed by atoms with van der Waals surface area (Å²) in [6, 6.07) is 0.479. The summed E-state index contributed by atoms with van der Waals surface area (Å²) >= 11 is 0. The van der Waals surface area contributed by atoms with Crippen LogP contribution in [0.3, 0.4) is 0 Å². The fraction of sp³-hybridized carbons (Fsp3) is 1.00. The number of hydrogen-bond donors (Lipinski definition) is 1. The summed E-state index contributed by atoms with van der Waals surface area (Å²) in [7, 11) is 0. The minimum Gasteiger partial charge on any atom is -0.391 e. The van der Waals surface area contributed by atoms with Crippen molar-refractivity contribution in [2.75, 3.05) is 13.1 Å². The van der Waals surface area contributed by atoms with E-state index >= 15 is 0 Å². The van der Waals surface area contributed by atoms with Crippen LogP contribution in [-0.4, -0.2) is 35.2 Å². The Hall–Kier alpha value is -0.0800. The van der Waals surface area contributed by atoms with E-state index in [9.17, 15) is 5.11 Å². The van der Waals surface area contributed by atoms with Crippen molar-refractivity contribution in [1.29, 1.82) is 0 Å². The zero-order valence-corrected chi connectivity index (χ0v) is 8.74. The summed E-state index contributed by atoms with van der Waals surface area (Å²) in [6.45, 7) is 7.05. The maximum absolute atomic E-state index is 9.78. The highest BCUT2D eigenvalue weighted by Crippen LogP contribution is 2.31. The zero-order chi connectivity index (χ0) is 9.42. The van der Waals surface area contributed by atoms with E-state index in [1.807, 2.05) is 0 Å². The fourth-order valence-corrected chi connectivity index (χ4v) is 2.79. The molecule has 0 aromatic heterocycles. The summed E-state index contributed by atoms with van der Waals surface area (Å²) in [4.78, 5) is 2.51. The van der Waals surface area contributed by atoms with Crippen molar-refractivity contribution in [3.8, 4) is 0 Å². The summed E-state index contributed by atoms with van der Waals surface area (Å²) in [5, 5.41) is 9.78. The maximum Gasteiger partial charge on any atom is 0.0695 e. The van der Waals surface area contributed by atoms with Crippen LogP contribution in [0.4, 0.5) is 0 Å². The van der Waals surface area contributed by atoms with Gasteiger partial charge in [-0.25, -0.2) is 0 Å². The van der Waals surface area contributed by atoms with Gasteiger partial charge in [-0.15, -0.1) is 0 Å². The Bertz CT molecular complexity index is 173. The Kier molecular flexibility index (Phi) is 2.61. The van der Waals surface area contributed by atoms with E-state index in [4.69, 9.17) is 0 Å². The molecule has 76 valence electrons. The number of likely N-dealkylation sites (tertiary alicyclic amines) is 1. The second kappa shape index (κ2) is 3.58. The lowest BCUT2D eigenvalue weighted by atomic mass is 10.0. The van der Waals surface area contributed by atoms with Crippen LogP contribution in [0.15, 0.2) is 0 Å². The smallest absolute Gasteiger partial charge is 0.0695 e. The number of nitrogens with zero attached hydrogens (tertiary/aromatic N) is 1.